The Morgan fingerprint density at radius 1 is 1.46 bits per heavy atom. The molecule has 13 heavy (non-hydrogen) atoms. The fraction of sp³-hybridized carbons (Fsp3) is 0.700. The van der Waals surface area contributed by atoms with Gasteiger partial charge >= 0.3 is 0 Å². The molecular weight excluding hydrogens is 164 g/mol. The predicted octanol–water partition coefficient (Wildman–Crippen LogP) is 1.67. The van der Waals surface area contributed by atoms with E-state index in [2.05, 4.69) is 5.10 Å². The molecule has 1 aromatic rings. The lowest BCUT2D eigenvalue weighted by Crippen LogP contribution is -2.27. The first kappa shape index (κ1) is 8.75. The molecule has 2 unspecified atom stereocenters. The molecule has 0 spiro atoms. The van der Waals surface area contributed by atoms with Crippen molar-refractivity contribution in [2.24, 2.45) is 0 Å². The first-order valence-corrected chi connectivity index (χ1v) is 4.97. The van der Waals surface area contributed by atoms with Crippen LogP contribution in [-0.2, 0) is 0 Å². The zero-order valence-corrected chi connectivity index (χ0v) is 7.98. The summed E-state index contributed by atoms with van der Waals surface area (Å²) >= 11 is 0. The molecule has 1 aliphatic carbocycles. The molecule has 2 rings (SSSR count). The van der Waals surface area contributed by atoms with E-state index in [0.717, 1.165) is 25.0 Å². The lowest BCUT2D eigenvalue weighted by Gasteiger charge is -2.27. The van der Waals surface area contributed by atoms with Crippen LogP contribution in [0.2, 0.25) is 0 Å². The summed E-state index contributed by atoms with van der Waals surface area (Å²) in [6.07, 6.45) is 6.10. The van der Waals surface area contributed by atoms with E-state index in [1.54, 1.807) is 0 Å². The Morgan fingerprint density at radius 2 is 2.23 bits per heavy atom. The molecule has 1 saturated carbocycles. The first-order chi connectivity index (χ1) is 6.27. The van der Waals surface area contributed by atoms with Crippen LogP contribution in [-0.4, -0.2) is 21.0 Å². The minimum atomic E-state index is -0.201. The van der Waals surface area contributed by atoms with Gasteiger partial charge in [0.25, 0.3) is 0 Å². The molecule has 1 aliphatic rings. The number of hydrogen-bond donors (Lipinski definition) is 1. The molecule has 2 atom stereocenters. The Morgan fingerprint density at radius 3 is 2.85 bits per heavy atom. The van der Waals surface area contributed by atoms with Crippen molar-refractivity contribution in [3.63, 3.8) is 0 Å². The van der Waals surface area contributed by atoms with Gasteiger partial charge in [0, 0.05) is 6.20 Å². The second-order valence-electron chi connectivity index (χ2n) is 3.86. The SMILES string of the molecule is Cc1ccn(C2CCCCC2O)n1. The average Bonchev–Trinajstić information content (AvgIpc) is 2.53. The van der Waals surface area contributed by atoms with E-state index in [0.29, 0.717) is 0 Å². The van der Waals surface area contributed by atoms with Crippen LogP contribution in [0.1, 0.15) is 37.4 Å². The van der Waals surface area contributed by atoms with Crippen molar-refractivity contribution in [2.45, 2.75) is 44.8 Å². The van der Waals surface area contributed by atoms with Gasteiger partial charge in [-0.1, -0.05) is 12.8 Å². The topological polar surface area (TPSA) is 38.0 Å². The highest BCUT2D eigenvalue weighted by Gasteiger charge is 2.24. The molecular formula is C10H16N2O. The summed E-state index contributed by atoms with van der Waals surface area (Å²) in [7, 11) is 0. The van der Waals surface area contributed by atoms with Crippen LogP contribution >= 0.6 is 0 Å². The van der Waals surface area contributed by atoms with Crippen molar-refractivity contribution in [3.8, 4) is 0 Å². The van der Waals surface area contributed by atoms with Gasteiger partial charge in [-0.15, -0.1) is 0 Å². The second kappa shape index (κ2) is 3.50. The highest BCUT2D eigenvalue weighted by atomic mass is 16.3. The molecule has 3 nitrogen and oxygen atoms in total. The minimum absolute atomic E-state index is 0.201. The Balaban J connectivity index is 2.14. The van der Waals surface area contributed by atoms with Crippen LogP contribution in [0.5, 0.6) is 0 Å². The van der Waals surface area contributed by atoms with Gasteiger partial charge in [0.05, 0.1) is 17.8 Å². The monoisotopic (exact) mass is 180 g/mol. The third-order valence-electron chi connectivity index (χ3n) is 2.78. The van der Waals surface area contributed by atoms with Gasteiger partial charge < -0.3 is 5.11 Å². The molecule has 1 fully saturated rings. The lowest BCUT2D eigenvalue weighted by atomic mass is 9.93. The molecule has 0 aromatic carbocycles. The molecule has 1 aromatic heterocycles. The van der Waals surface area contributed by atoms with Crippen molar-refractivity contribution in [1.29, 1.82) is 0 Å². The molecule has 72 valence electrons. The number of rotatable bonds is 1. The molecule has 3 heteroatoms. The maximum absolute atomic E-state index is 9.77. The summed E-state index contributed by atoms with van der Waals surface area (Å²) in [5.41, 5.74) is 1.03. The fourth-order valence-corrected chi connectivity index (χ4v) is 2.02. The second-order valence-corrected chi connectivity index (χ2v) is 3.86. The van der Waals surface area contributed by atoms with E-state index in [-0.39, 0.29) is 12.1 Å². The van der Waals surface area contributed by atoms with E-state index in [4.69, 9.17) is 0 Å². The van der Waals surface area contributed by atoms with Gasteiger partial charge in [-0.2, -0.15) is 5.10 Å². The van der Waals surface area contributed by atoms with E-state index in [1.807, 2.05) is 23.9 Å². The van der Waals surface area contributed by atoms with Crippen molar-refractivity contribution in [2.75, 3.05) is 0 Å². The highest BCUT2D eigenvalue weighted by molar-refractivity contribution is 4.97. The van der Waals surface area contributed by atoms with Gasteiger partial charge in [0.15, 0.2) is 0 Å². The Bertz CT molecular complexity index is 282. The third kappa shape index (κ3) is 1.75. The predicted molar refractivity (Wildman–Crippen MR) is 50.5 cm³/mol. The molecule has 0 bridgehead atoms. The molecule has 1 N–H and O–H groups in total. The smallest absolute Gasteiger partial charge is 0.0778 e. The molecule has 0 radical (unpaired) electrons. The first-order valence-electron chi connectivity index (χ1n) is 4.97. The Labute approximate surface area is 78.4 Å². The molecule has 0 amide bonds. The minimum Gasteiger partial charge on any atom is -0.391 e. The Hall–Kier alpha value is -0.830. The summed E-state index contributed by atoms with van der Waals surface area (Å²) in [5, 5.41) is 14.1. The quantitative estimate of drug-likeness (QED) is 0.713. The standard InChI is InChI=1S/C10H16N2O/c1-8-6-7-12(11-8)9-4-2-3-5-10(9)13/h6-7,9-10,13H,2-5H2,1H3. The van der Waals surface area contributed by atoms with Crippen LogP contribution in [0.25, 0.3) is 0 Å². The van der Waals surface area contributed by atoms with Crippen molar-refractivity contribution in [3.05, 3.63) is 18.0 Å². The number of aromatic nitrogens is 2. The molecule has 0 saturated heterocycles. The summed E-state index contributed by atoms with van der Waals surface area (Å²) in [4.78, 5) is 0. The van der Waals surface area contributed by atoms with E-state index in [1.165, 1.54) is 6.42 Å². The fourth-order valence-electron chi connectivity index (χ4n) is 2.02. The summed E-state index contributed by atoms with van der Waals surface area (Å²) in [6, 6.07) is 2.20. The van der Waals surface area contributed by atoms with Crippen molar-refractivity contribution >= 4 is 0 Å². The van der Waals surface area contributed by atoms with Crippen LogP contribution in [0.4, 0.5) is 0 Å². The maximum atomic E-state index is 9.77. The number of aliphatic hydroxyl groups is 1. The summed E-state index contributed by atoms with van der Waals surface area (Å²) in [5.74, 6) is 0. The lowest BCUT2D eigenvalue weighted by molar-refractivity contribution is 0.0693. The average molecular weight is 180 g/mol. The summed E-state index contributed by atoms with van der Waals surface area (Å²) in [6.45, 7) is 1.98. The zero-order chi connectivity index (χ0) is 9.26. The normalized spacial score (nSPS) is 29.1. The van der Waals surface area contributed by atoms with Gasteiger partial charge in [-0.3, -0.25) is 4.68 Å². The number of aliphatic hydroxyl groups excluding tert-OH is 1. The third-order valence-corrected chi connectivity index (χ3v) is 2.78. The zero-order valence-electron chi connectivity index (χ0n) is 7.98. The van der Waals surface area contributed by atoms with Crippen LogP contribution in [0.15, 0.2) is 12.3 Å². The Kier molecular flexibility index (Phi) is 2.36. The van der Waals surface area contributed by atoms with Gasteiger partial charge in [-0.05, 0) is 25.8 Å². The maximum Gasteiger partial charge on any atom is 0.0778 e. The van der Waals surface area contributed by atoms with Gasteiger partial charge in [-0.25, -0.2) is 0 Å². The van der Waals surface area contributed by atoms with Gasteiger partial charge in [0.1, 0.15) is 0 Å². The molecule has 1 heterocycles. The van der Waals surface area contributed by atoms with Crippen LogP contribution < -0.4 is 0 Å². The van der Waals surface area contributed by atoms with Crippen molar-refractivity contribution in [1.82, 2.24) is 9.78 Å². The highest BCUT2D eigenvalue weighted by Crippen LogP contribution is 2.27. The van der Waals surface area contributed by atoms with Crippen LogP contribution in [0, 0.1) is 6.92 Å². The van der Waals surface area contributed by atoms with E-state index in [9.17, 15) is 5.11 Å². The largest absolute Gasteiger partial charge is 0.391 e. The molecule has 0 aliphatic heterocycles. The van der Waals surface area contributed by atoms with E-state index < -0.39 is 0 Å². The van der Waals surface area contributed by atoms with Gasteiger partial charge in [0.2, 0.25) is 0 Å². The van der Waals surface area contributed by atoms with E-state index >= 15 is 0 Å². The number of aryl methyl sites for hydroxylation is 1. The number of nitrogens with zero attached hydrogens (tertiary/aromatic N) is 2. The number of hydrogen-bond acceptors (Lipinski definition) is 2. The van der Waals surface area contributed by atoms with Crippen LogP contribution in [0.3, 0.4) is 0 Å². The van der Waals surface area contributed by atoms with Crippen molar-refractivity contribution < 1.29 is 5.11 Å². The summed E-state index contributed by atoms with van der Waals surface area (Å²) < 4.78 is 1.92.